The monoisotopic (exact) mass is 295 g/mol. The van der Waals surface area contributed by atoms with Crippen molar-refractivity contribution in [2.24, 2.45) is 5.41 Å². The Labute approximate surface area is 130 Å². The summed E-state index contributed by atoms with van der Waals surface area (Å²) >= 11 is 0. The van der Waals surface area contributed by atoms with Crippen LogP contribution in [-0.2, 0) is 11.3 Å². The van der Waals surface area contributed by atoms with Gasteiger partial charge in [-0.2, -0.15) is 5.26 Å². The van der Waals surface area contributed by atoms with Crippen LogP contribution in [0.15, 0.2) is 36.5 Å². The van der Waals surface area contributed by atoms with Crippen LogP contribution in [0.4, 0.5) is 0 Å². The summed E-state index contributed by atoms with van der Waals surface area (Å²) in [5, 5.41) is 13.5. The van der Waals surface area contributed by atoms with Gasteiger partial charge in [0.25, 0.3) is 0 Å². The number of aromatic nitrogens is 1. The van der Waals surface area contributed by atoms with Crippen LogP contribution in [0.3, 0.4) is 0 Å². The van der Waals surface area contributed by atoms with E-state index in [1.807, 2.05) is 12.1 Å². The molecule has 1 aromatic heterocycles. The highest BCUT2D eigenvalue weighted by Gasteiger charge is 2.41. The molecule has 1 N–H and O–H groups in total. The van der Waals surface area contributed by atoms with E-state index in [2.05, 4.69) is 40.3 Å². The summed E-state index contributed by atoms with van der Waals surface area (Å²) < 4.78 is 2.21. The number of rotatable bonds is 5. The first-order valence-corrected chi connectivity index (χ1v) is 7.99. The fraction of sp³-hybridized carbons (Fsp3) is 0.444. The zero-order valence-corrected chi connectivity index (χ0v) is 12.7. The van der Waals surface area contributed by atoms with Crippen molar-refractivity contribution >= 4 is 16.8 Å². The molecule has 3 rings (SSSR count). The predicted molar refractivity (Wildman–Crippen MR) is 86.1 cm³/mol. The Morgan fingerprint density at radius 2 is 2.05 bits per heavy atom. The van der Waals surface area contributed by atoms with Crippen molar-refractivity contribution in [1.29, 1.82) is 5.26 Å². The molecule has 0 aliphatic heterocycles. The second-order valence-electron chi connectivity index (χ2n) is 6.08. The maximum atomic E-state index is 12.2. The Morgan fingerprint density at radius 1 is 1.27 bits per heavy atom. The molecule has 1 heterocycles. The first-order valence-electron chi connectivity index (χ1n) is 7.99. The summed E-state index contributed by atoms with van der Waals surface area (Å²) in [4.78, 5) is 12.2. The second-order valence-corrected chi connectivity index (χ2v) is 6.08. The van der Waals surface area contributed by atoms with E-state index < -0.39 is 5.41 Å². The molecule has 1 saturated carbocycles. The molecule has 1 aliphatic carbocycles. The normalized spacial score (nSPS) is 16.5. The SMILES string of the molecule is N#CC1(C(=O)NCCCn2ccc3ccccc32)CCCC1. The van der Waals surface area contributed by atoms with Gasteiger partial charge in [0.1, 0.15) is 5.41 Å². The van der Waals surface area contributed by atoms with Crippen molar-refractivity contribution in [2.45, 2.75) is 38.6 Å². The lowest BCUT2D eigenvalue weighted by molar-refractivity contribution is -0.127. The summed E-state index contributed by atoms with van der Waals surface area (Å²) in [6.07, 6.45) is 6.33. The molecule has 0 saturated heterocycles. The third kappa shape index (κ3) is 2.71. The van der Waals surface area contributed by atoms with E-state index in [1.54, 1.807) is 0 Å². The zero-order chi connectivity index (χ0) is 15.4. The number of hydrogen-bond donors (Lipinski definition) is 1. The van der Waals surface area contributed by atoms with Gasteiger partial charge in [-0.25, -0.2) is 0 Å². The largest absolute Gasteiger partial charge is 0.355 e. The number of nitriles is 1. The first kappa shape index (κ1) is 14.6. The Balaban J connectivity index is 1.52. The smallest absolute Gasteiger partial charge is 0.240 e. The molecule has 0 unspecified atom stereocenters. The molecular weight excluding hydrogens is 274 g/mol. The standard InChI is InChI=1S/C18H21N3O/c19-14-18(9-3-4-10-18)17(22)20-11-5-12-21-13-8-15-6-1-2-7-16(15)21/h1-2,6-8,13H,3-5,9-12H2,(H,20,22). The Hall–Kier alpha value is -2.28. The van der Waals surface area contributed by atoms with Gasteiger partial charge in [-0.1, -0.05) is 31.0 Å². The molecule has 22 heavy (non-hydrogen) atoms. The zero-order valence-electron chi connectivity index (χ0n) is 12.7. The fourth-order valence-corrected chi connectivity index (χ4v) is 3.32. The van der Waals surface area contributed by atoms with E-state index in [1.165, 1.54) is 10.9 Å². The van der Waals surface area contributed by atoms with Gasteiger partial charge in [-0.3, -0.25) is 4.79 Å². The van der Waals surface area contributed by atoms with E-state index in [0.717, 1.165) is 25.8 Å². The van der Waals surface area contributed by atoms with Crippen molar-refractivity contribution in [3.63, 3.8) is 0 Å². The summed E-state index contributed by atoms with van der Waals surface area (Å²) in [7, 11) is 0. The number of carbonyl (C=O) groups excluding carboxylic acids is 1. The number of benzene rings is 1. The Morgan fingerprint density at radius 3 is 2.82 bits per heavy atom. The molecule has 0 spiro atoms. The lowest BCUT2D eigenvalue weighted by Gasteiger charge is -2.19. The first-order chi connectivity index (χ1) is 10.7. The maximum Gasteiger partial charge on any atom is 0.240 e. The van der Waals surface area contributed by atoms with Crippen LogP contribution in [0.2, 0.25) is 0 Å². The second kappa shape index (κ2) is 6.23. The number of para-hydroxylation sites is 1. The number of hydrogen-bond acceptors (Lipinski definition) is 2. The van der Waals surface area contributed by atoms with Gasteiger partial charge in [0, 0.05) is 24.8 Å². The molecule has 1 fully saturated rings. The number of aryl methyl sites for hydroxylation is 1. The van der Waals surface area contributed by atoms with Crippen molar-refractivity contribution in [2.75, 3.05) is 6.54 Å². The van der Waals surface area contributed by atoms with Crippen LogP contribution in [0.1, 0.15) is 32.1 Å². The number of fused-ring (bicyclic) bond motifs is 1. The molecule has 0 atom stereocenters. The average Bonchev–Trinajstić information content (AvgIpc) is 3.19. The minimum atomic E-state index is -0.764. The highest BCUT2D eigenvalue weighted by atomic mass is 16.2. The van der Waals surface area contributed by atoms with Gasteiger partial charge in [-0.05, 0) is 36.8 Å². The summed E-state index contributed by atoms with van der Waals surface area (Å²) in [6.45, 7) is 1.49. The molecule has 114 valence electrons. The molecule has 1 amide bonds. The van der Waals surface area contributed by atoms with Crippen LogP contribution >= 0.6 is 0 Å². The van der Waals surface area contributed by atoms with Crippen LogP contribution in [0.25, 0.3) is 10.9 Å². The van der Waals surface area contributed by atoms with E-state index in [9.17, 15) is 10.1 Å². The third-order valence-electron chi connectivity index (χ3n) is 4.65. The number of nitrogens with zero attached hydrogens (tertiary/aromatic N) is 2. The predicted octanol–water partition coefficient (Wildman–Crippen LogP) is 3.23. The van der Waals surface area contributed by atoms with E-state index in [-0.39, 0.29) is 5.91 Å². The highest BCUT2D eigenvalue weighted by Crippen LogP contribution is 2.37. The van der Waals surface area contributed by atoms with Crippen LogP contribution in [-0.4, -0.2) is 17.0 Å². The van der Waals surface area contributed by atoms with Crippen LogP contribution in [0, 0.1) is 16.7 Å². The summed E-state index contributed by atoms with van der Waals surface area (Å²) in [6, 6.07) is 12.6. The van der Waals surface area contributed by atoms with Crippen molar-refractivity contribution in [3.8, 4) is 6.07 Å². The molecule has 0 radical (unpaired) electrons. The molecule has 0 bridgehead atoms. The molecule has 4 nitrogen and oxygen atoms in total. The third-order valence-corrected chi connectivity index (χ3v) is 4.65. The molecular formula is C18H21N3O. The number of carbonyl (C=O) groups is 1. The van der Waals surface area contributed by atoms with Crippen molar-refractivity contribution in [3.05, 3.63) is 36.5 Å². The van der Waals surface area contributed by atoms with Gasteiger partial charge >= 0.3 is 0 Å². The summed E-state index contributed by atoms with van der Waals surface area (Å²) in [5.74, 6) is -0.0788. The molecule has 1 aromatic carbocycles. The maximum absolute atomic E-state index is 12.2. The Bertz CT molecular complexity index is 704. The van der Waals surface area contributed by atoms with Gasteiger partial charge in [0.2, 0.25) is 5.91 Å². The lowest BCUT2D eigenvalue weighted by atomic mass is 9.87. The van der Waals surface area contributed by atoms with Gasteiger partial charge in [0.05, 0.1) is 6.07 Å². The van der Waals surface area contributed by atoms with E-state index in [4.69, 9.17) is 0 Å². The minimum Gasteiger partial charge on any atom is -0.355 e. The topological polar surface area (TPSA) is 57.8 Å². The van der Waals surface area contributed by atoms with E-state index in [0.29, 0.717) is 19.4 Å². The quantitative estimate of drug-likeness (QED) is 0.861. The Kier molecular flexibility index (Phi) is 4.15. The van der Waals surface area contributed by atoms with Crippen molar-refractivity contribution < 1.29 is 4.79 Å². The minimum absolute atomic E-state index is 0.0788. The van der Waals surface area contributed by atoms with Crippen LogP contribution < -0.4 is 5.32 Å². The van der Waals surface area contributed by atoms with Crippen molar-refractivity contribution in [1.82, 2.24) is 9.88 Å². The summed E-state index contributed by atoms with van der Waals surface area (Å²) in [5.41, 5.74) is 0.457. The van der Waals surface area contributed by atoms with Gasteiger partial charge in [0.15, 0.2) is 0 Å². The van der Waals surface area contributed by atoms with Crippen LogP contribution in [0.5, 0.6) is 0 Å². The molecule has 2 aromatic rings. The molecule has 4 heteroatoms. The van der Waals surface area contributed by atoms with E-state index >= 15 is 0 Å². The lowest BCUT2D eigenvalue weighted by Crippen LogP contribution is -2.38. The molecule has 1 aliphatic rings. The number of nitrogens with one attached hydrogen (secondary N) is 1. The fourth-order valence-electron chi connectivity index (χ4n) is 3.32. The highest BCUT2D eigenvalue weighted by molar-refractivity contribution is 5.85. The van der Waals surface area contributed by atoms with Gasteiger partial charge < -0.3 is 9.88 Å². The average molecular weight is 295 g/mol. The van der Waals surface area contributed by atoms with Gasteiger partial charge in [-0.15, -0.1) is 0 Å². The number of amides is 1.